The van der Waals surface area contributed by atoms with Gasteiger partial charge in [-0.2, -0.15) is 5.26 Å². The molecule has 1 amide bonds. The summed E-state index contributed by atoms with van der Waals surface area (Å²) in [4.78, 5) is 9.65. The zero-order valence-corrected chi connectivity index (χ0v) is 5.90. The highest BCUT2D eigenvalue weighted by molar-refractivity contribution is 9.10. The van der Waals surface area contributed by atoms with Crippen molar-refractivity contribution >= 4 is 21.8 Å². The molecule has 1 N–H and O–H groups in total. The molecule has 0 rings (SSSR count). The predicted molar refractivity (Wildman–Crippen MR) is 32.4 cm³/mol. The summed E-state index contributed by atoms with van der Waals surface area (Å²) in [6.45, 7) is 0. The molecule has 0 spiro atoms. The number of hydrogen-bond acceptors (Lipinski definition) is 2. The summed E-state index contributed by atoms with van der Waals surface area (Å²) in [5.41, 5.74) is 0. The van der Waals surface area contributed by atoms with Crippen LogP contribution in [0.25, 0.3) is 0 Å². The molecule has 0 aliphatic carbocycles. The first kappa shape index (κ1) is 7.44. The van der Waals surface area contributed by atoms with Crippen LogP contribution in [-0.2, 0) is 4.79 Å². The topological polar surface area (TPSA) is 52.9 Å². The van der Waals surface area contributed by atoms with E-state index in [1.54, 1.807) is 6.07 Å². The molecule has 0 aromatic heterocycles. The maximum Gasteiger partial charge on any atom is 0.247 e. The summed E-state index contributed by atoms with van der Waals surface area (Å²) in [5.74, 6) is -0.312. The Hall–Kier alpha value is -0.560. The highest BCUT2D eigenvalue weighted by atomic mass is 79.9. The summed E-state index contributed by atoms with van der Waals surface area (Å²) in [6.07, 6.45) is 0. The Morgan fingerprint density at radius 2 is 2.50 bits per heavy atom. The monoisotopic (exact) mass is 176 g/mol. The number of halogens is 1. The summed E-state index contributed by atoms with van der Waals surface area (Å²) in [6, 6.07) is 1.72. The van der Waals surface area contributed by atoms with Crippen LogP contribution in [0.4, 0.5) is 0 Å². The Bertz CT molecular complexity index is 128. The van der Waals surface area contributed by atoms with Gasteiger partial charge in [-0.15, -0.1) is 0 Å². The fourth-order valence-corrected chi connectivity index (χ4v) is 0.414. The lowest BCUT2D eigenvalue weighted by Gasteiger charge is -1.94. The third kappa shape index (κ3) is 1.94. The van der Waals surface area contributed by atoms with E-state index >= 15 is 0 Å². The molecule has 4 heteroatoms. The van der Waals surface area contributed by atoms with Crippen molar-refractivity contribution in [1.82, 2.24) is 5.32 Å². The second-order valence-electron chi connectivity index (χ2n) is 1.11. The molecule has 0 aliphatic heterocycles. The minimum atomic E-state index is -0.715. The predicted octanol–water partition coefficient (Wildman–Crippen LogP) is 0.0195. The Kier molecular flexibility index (Phi) is 3.20. The molecule has 0 aromatic carbocycles. The van der Waals surface area contributed by atoms with Gasteiger partial charge < -0.3 is 5.32 Å². The standard InChI is InChI=1S/C4H5BrN2O/c1-7-4(8)3(5)2-6/h3H,1H3,(H,7,8). The maximum absolute atomic E-state index is 10.4. The van der Waals surface area contributed by atoms with E-state index in [2.05, 4.69) is 21.2 Å². The number of amides is 1. The van der Waals surface area contributed by atoms with Crippen LogP contribution in [0.2, 0.25) is 0 Å². The average molecular weight is 177 g/mol. The fraction of sp³-hybridized carbons (Fsp3) is 0.500. The summed E-state index contributed by atoms with van der Waals surface area (Å²) >= 11 is 2.83. The SMILES string of the molecule is CNC(=O)C(Br)C#N. The number of hydrogen-bond donors (Lipinski definition) is 1. The molecule has 0 saturated heterocycles. The van der Waals surface area contributed by atoms with Crippen molar-refractivity contribution in [2.45, 2.75) is 4.83 Å². The van der Waals surface area contributed by atoms with Gasteiger partial charge in [-0.1, -0.05) is 15.9 Å². The van der Waals surface area contributed by atoms with E-state index in [0.717, 1.165) is 0 Å². The van der Waals surface area contributed by atoms with Crippen molar-refractivity contribution in [3.8, 4) is 6.07 Å². The first-order valence-corrected chi connectivity index (χ1v) is 2.89. The number of nitrogens with one attached hydrogen (secondary N) is 1. The van der Waals surface area contributed by atoms with Crippen LogP contribution in [0, 0.1) is 11.3 Å². The van der Waals surface area contributed by atoms with Crippen molar-refractivity contribution in [1.29, 1.82) is 5.26 Å². The van der Waals surface area contributed by atoms with E-state index < -0.39 is 4.83 Å². The maximum atomic E-state index is 10.4. The summed E-state index contributed by atoms with van der Waals surface area (Å²) in [7, 11) is 1.48. The molecule has 0 saturated carbocycles. The van der Waals surface area contributed by atoms with E-state index in [0.29, 0.717) is 0 Å². The molecule has 0 radical (unpaired) electrons. The number of alkyl halides is 1. The van der Waals surface area contributed by atoms with E-state index in [1.807, 2.05) is 0 Å². The zero-order chi connectivity index (χ0) is 6.57. The van der Waals surface area contributed by atoms with Gasteiger partial charge in [-0.25, -0.2) is 0 Å². The molecule has 1 unspecified atom stereocenters. The van der Waals surface area contributed by atoms with Crippen molar-refractivity contribution < 1.29 is 4.79 Å². The van der Waals surface area contributed by atoms with Gasteiger partial charge in [0.05, 0.1) is 6.07 Å². The molecule has 0 aliphatic rings. The number of rotatable bonds is 1. The van der Waals surface area contributed by atoms with Crippen molar-refractivity contribution in [2.75, 3.05) is 7.05 Å². The van der Waals surface area contributed by atoms with Gasteiger partial charge in [0.15, 0.2) is 4.83 Å². The quantitative estimate of drug-likeness (QED) is 0.574. The van der Waals surface area contributed by atoms with Crippen molar-refractivity contribution in [3.05, 3.63) is 0 Å². The summed E-state index contributed by atoms with van der Waals surface area (Å²) < 4.78 is 0. The lowest BCUT2D eigenvalue weighted by atomic mass is 10.4. The zero-order valence-electron chi connectivity index (χ0n) is 4.31. The van der Waals surface area contributed by atoms with E-state index in [1.165, 1.54) is 7.05 Å². The van der Waals surface area contributed by atoms with Gasteiger partial charge >= 0.3 is 0 Å². The smallest absolute Gasteiger partial charge is 0.247 e. The van der Waals surface area contributed by atoms with Crippen LogP contribution in [0.1, 0.15) is 0 Å². The van der Waals surface area contributed by atoms with Gasteiger partial charge in [-0.3, -0.25) is 4.79 Å². The largest absolute Gasteiger partial charge is 0.357 e. The lowest BCUT2D eigenvalue weighted by molar-refractivity contribution is -0.119. The van der Waals surface area contributed by atoms with Crippen LogP contribution < -0.4 is 5.32 Å². The first-order chi connectivity index (χ1) is 3.72. The van der Waals surface area contributed by atoms with Crippen LogP contribution in [-0.4, -0.2) is 17.8 Å². The van der Waals surface area contributed by atoms with Crippen LogP contribution in [0.3, 0.4) is 0 Å². The number of carbonyl (C=O) groups excluding carboxylic acids is 1. The second kappa shape index (κ2) is 3.44. The molecule has 0 bridgehead atoms. The van der Waals surface area contributed by atoms with Gasteiger partial charge in [0.2, 0.25) is 5.91 Å². The van der Waals surface area contributed by atoms with Crippen LogP contribution in [0.5, 0.6) is 0 Å². The minimum absolute atomic E-state index is 0.312. The molecule has 3 nitrogen and oxygen atoms in total. The van der Waals surface area contributed by atoms with Crippen LogP contribution in [0.15, 0.2) is 0 Å². The van der Waals surface area contributed by atoms with Gasteiger partial charge in [0.1, 0.15) is 0 Å². The van der Waals surface area contributed by atoms with E-state index in [-0.39, 0.29) is 5.91 Å². The third-order valence-corrected chi connectivity index (χ3v) is 1.21. The third-order valence-electron chi connectivity index (χ3n) is 0.590. The molecule has 8 heavy (non-hydrogen) atoms. The van der Waals surface area contributed by atoms with Gasteiger partial charge in [0.25, 0.3) is 0 Å². The highest BCUT2D eigenvalue weighted by Gasteiger charge is 2.09. The molecular weight excluding hydrogens is 172 g/mol. The Labute approximate surface area is 55.8 Å². The Balaban J connectivity index is 3.68. The van der Waals surface area contributed by atoms with Crippen LogP contribution >= 0.6 is 15.9 Å². The van der Waals surface area contributed by atoms with Gasteiger partial charge in [0, 0.05) is 7.05 Å². The number of carbonyl (C=O) groups is 1. The molecule has 44 valence electrons. The second-order valence-corrected chi connectivity index (χ2v) is 2.02. The number of nitrogens with zero attached hydrogens (tertiary/aromatic N) is 1. The van der Waals surface area contributed by atoms with Gasteiger partial charge in [-0.05, 0) is 0 Å². The molecular formula is C4H5BrN2O. The Morgan fingerprint density at radius 1 is 2.00 bits per heavy atom. The highest BCUT2D eigenvalue weighted by Crippen LogP contribution is 1.94. The van der Waals surface area contributed by atoms with E-state index in [9.17, 15) is 4.79 Å². The fourth-order valence-electron chi connectivity index (χ4n) is 0.185. The number of nitriles is 1. The molecule has 0 heterocycles. The van der Waals surface area contributed by atoms with Crippen molar-refractivity contribution in [3.63, 3.8) is 0 Å². The van der Waals surface area contributed by atoms with E-state index in [4.69, 9.17) is 5.26 Å². The van der Waals surface area contributed by atoms with Crippen molar-refractivity contribution in [2.24, 2.45) is 0 Å². The molecule has 1 atom stereocenters. The average Bonchev–Trinajstić information content (AvgIpc) is 1.84. The first-order valence-electron chi connectivity index (χ1n) is 1.97. The lowest BCUT2D eigenvalue weighted by Crippen LogP contribution is -2.26. The molecule has 0 fully saturated rings. The molecule has 0 aromatic rings. The normalized spacial score (nSPS) is 11.6. The summed E-state index contributed by atoms with van der Waals surface area (Å²) in [5, 5.41) is 10.4. The Morgan fingerprint density at radius 3 is 2.62 bits per heavy atom. The minimum Gasteiger partial charge on any atom is -0.357 e.